The summed E-state index contributed by atoms with van der Waals surface area (Å²) < 4.78 is 22.9. The van der Waals surface area contributed by atoms with Crippen molar-refractivity contribution in [2.75, 3.05) is 6.26 Å². The smallest absolute Gasteiger partial charge is 0.231 e. The van der Waals surface area contributed by atoms with Crippen molar-refractivity contribution in [2.24, 2.45) is 0 Å². The molecule has 0 aliphatic carbocycles. The summed E-state index contributed by atoms with van der Waals surface area (Å²) in [5, 5.41) is 2.26. The monoisotopic (exact) mass is 306 g/mol. The van der Waals surface area contributed by atoms with Crippen molar-refractivity contribution < 1.29 is 8.42 Å². The van der Waals surface area contributed by atoms with E-state index in [1.807, 2.05) is 6.26 Å². The van der Waals surface area contributed by atoms with Gasteiger partial charge in [0.2, 0.25) is 0 Å². The van der Waals surface area contributed by atoms with E-state index in [0.717, 1.165) is 11.3 Å². The van der Waals surface area contributed by atoms with E-state index in [1.54, 1.807) is 23.7 Å². The zero-order valence-corrected chi connectivity index (χ0v) is 11.8. The molecule has 0 bridgehead atoms. The highest BCUT2D eigenvalue weighted by Gasteiger charge is 2.19. The first-order chi connectivity index (χ1) is 8.02. The number of halogens is 1. The molecule has 0 unspecified atom stereocenters. The number of thiophene rings is 1. The summed E-state index contributed by atoms with van der Waals surface area (Å²) in [5.74, 6) is 0. The molecule has 0 amide bonds. The molecule has 4 nitrogen and oxygen atoms in total. The Labute approximate surface area is 111 Å². The van der Waals surface area contributed by atoms with Crippen molar-refractivity contribution in [1.29, 1.82) is 0 Å². The predicted octanol–water partition coefficient (Wildman–Crippen LogP) is 2.85. The van der Waals surface area contributed by atoms with Crippen LogP contribution in [-0.2, 0) is 9.05 Å². The van der Waals surface area contributed by atoms with Gasteiger partial charge in [0.05, 0.1) is 5.69 Å². The molecule has 2 rings (SSSR count). The second kappa shape index (κ2) is 4.93. The standard InChI is InChI=1S/C9H7ClN2O2S3/c1-15-9-11-4-2-7(12-9)6-3-5-16-8(6)17(10,13)14/h2-5H,1H3. The first kappa shape index (κ1) is 12.8. The van der Waals surface area contributed by atoms with Crippen LogP contribution < -0.4 is 0 Å². The third-order valence-corrected chi connectivity index (χ3v) is 5.56. The van der Waals surface area contributed by atoms with Crippen molar-refractivity contribution in [3.63, 3.8) is 0 Å². The minimum atomic E-state index is -3.73. The van der Waals surface area contributed by atoms with E-state index >= 15 is 0 Å². The molecule has 90 valence electrons. The number of rotatable bonds is 3. The van der Waals surface area contributed by atoms with Crippen LogP contribution in [0.15, 0.2) is 33.1 Å². The maximum atomic E-state index is 11.4. The second-order valence-corrected chi connectivity index (χ2v) is 7.44. The van der Waals surface area contributed by atoms with E-state index < -0.39 is 9.05 Å². The maximum absolute atomic E-state index is 11.4. The third kappa shape index (κ3) is 2.79. The van der Waals surface area contributed by atoms with E-state index in [-0.39, 0.29) is 4.21 Å². The van der Waals surface area contributed by atoms with Gasteiger partial charge in [0.15, 0.2) is 5.16 Å². The molecule has 0 aliphatic rings. The zero-order valence-electron chi connectivity index (χ0n) is 8.62. The normalized spacial score (nSPS) is 11.6. The van der Waals surface area contributed by atoms with Crippen LogP contribution in [0.2, 0.25) is 0 Å². The number of hydrogen-bond acceptors (Lipinski definition) is 6. The highest BCUT2D eigenvalue weighted by atomic mass is 35.7. The summed E-state index contributed by atoms with van der Waals surface area (Å²) in [6, 6.07) is 3.35. The summed E-state index contributed by atoms with van der Waals surface area (Å²) >= 11 is 2.47. The molecule has 17 heavy (non-hydrogen) atoms. The number of nitrogens with zero attached hydrogens (tertiary/aromatic N) is 2. The van der Waals surface area contributed by atoms with Gasteiger partial charge in [0.25, 0.3) is 9.05 Å². The number of hydrogen-bond donors (Lipinski definition) is 0. The molecule has 2 aromatic rings. The van der Waals surface area contributed by atoms with Crippen LogP contribution in [0.25, 0.3) is 11.3 Å². The number of aromatic nitrogens is 2. The predicted molar refractivity (Wildman–Crippen MR) is 70.2 cm³/mol. The molecule has 0 saturated carbocycles. The fourth-order valence-electron chi connectivity index (χ4n) is 1.26. The molecule has 0 fully saturated rings. The Morgan fingerprint density at radius 1 is 1.41 bits per heavy atom. The van der Waals surface area contributed by atoms with Gasteiger partial charge in [-0.1, -0.05) is 11.8 Å². The van der Waals surface area contributed by atoms with Gasteiger partial charge in [-0.15, -0.1) is 11.3 Å². The van der Waals surface area contributed by atoms with E-state index in [1.165, 1.54) is 11.8 Å². The Kier molecular flexibility index (Phi) is 3.72. The maximum Gasteiger partial charge on any atom is 0.271 e. The van der Waals surface area contributed by atoms with Crippen LogP contribution in [0.5, 0.6) is 0 Å². The van der Waals surface area contributed by atoms with E-state index in [4.69, 9.17) is 10.7 Å². The Hall–Kier alpha value is -0.630. The highest BCUT2D eigenvalue weighted by Crippen LogP contribution is 2.33. The topological polar surface area (TPSA) is 59.9 Å². The molecular formula is C9H7ClN2O2S3. The van der Waals surface area contributed by atoms with Gasteiger partial charge in [0, 0.05) is 22.4 Å². The lowest BCUT2D eigenvalue weighted by Gasteiger charge is -2.01. The minimum absolute atomic E-state index is 0.116. The summed E-state index contributed by atoms with van der Waals surface area (Å²) in [6.45, 7) is 0. The van der Waals surface area contributed by atoms with Gasteiger partial charge >= 0.3 is 0 Å². The highest BCUT2D eigenvalue weighted by molar-refractivity contribution is 8.15. The van der Waals surface area contributed by atoms with Gasteiger partial charge in [-0.05, 0) is 23.8 Å². The first-order valence-corrected chi connectivity index (χ1v) is 8.83. The Morgan fingerprint density at radius 2 is 2.18 bits per heavy atom. The molecule has 2 heterocycles. The average molecular weight is 307 g/mol. The number of thioether (sulfide) groups is 1. The Balaban J connectivity index is 2.57. The molecule has 8 heteroatoms. The lowest BCUT2D eigenvalue weighted by molar-refractivity contribution is 0.611. The van der Waals surface area contributed by atoms with Crippen molar-refractivity contribution in [2.45, 2.75) is 9.37 Å². The fourth-order valence-corrected chi connectivity index (χ4v) is 3.88. The molecule has 0 atom stereocenters. The third-order valence-electron chi connectivity index (χ3n) is 1.94. The largest absolute Gasteiger partial charge is 0.271 e. The first-order valence-electron chi connectivity index (χ1n) is 4.42. The van der Waals surface area contributed by atoms with E-state index in [2.05, 4.69) is 9.97 Å². The molecule has 0 aromatic carbocycles. The van der Waals surface area contributed by atoms with Crippen molar-refractivity contribution >= 4 is 42.8 Å². The molecule has 0 saturated heterocycles. The SMILES string of the molecule is CSc1nccc(-c2ccsc2S(=O)(=O)Cl)n1. The van der Waals surface area contributed by atoms with Crippen LogP contribution in [0.4, 0.5) is 0 Å². The molecule has 2 aromatic heterocycles. The summed E-state index contributed by atoms with van der Waals surface area (Å²) in [4.78, 5) is 8.28. The van der Waals surface area contributed by atoms with Crippen LogP contribution in [-0.4, -0.2) is 24.6 Å². The van der Waals surface area contributed by atoms with Crippen LogP contribution in [0.3, 0.4) is 0 Å². The van der Waals surface area contributed by atoms with Crippen LogP contribution >= 0.6 is 33.8 Å². The van der Waals surface area contributed by atoms with Crippen LogP contribution in [0, 0.1) is 0 Å². The zero-order chi connectivity index (χ0) is 12.5. The van der Waals surface area contributed by atoms with Crippen molar-refractivity contribution in [3.05, 3.63) is 23.7 Å². The van der Waals surface area contributed by atoms with Gasteiger partial charge in [0.1, 0.15) is 4.21 Å². The Morgan fingerprint density at radius 3 is 2.82 bits per heavy atom. The van der Waals surface area contributed by atoms with Gasteiger partial charge in [-0.25, -0.2) is 18.4 Å². The lowest BCUT2D eigenvalue weighted by Crippen LogP contribution is -1.93. The van der Waals surface area contributed by atoms with Gasteiger partial charge in [-0.2, -0.15) is 0 Å². The molecular weight excluding hydrogens is 300 g/mol. The van der Waals surface area contributed by atoms with E-state index in [0.29, 0.717) is 16.4 Å². The lowest BCUT2D eigenvalue weighted by atomic mass is 10.2. The second-order valence-electron chi connectivity index (χ2n) is 2.99. The average Bonchev–Trinajstić information content (AvgIpc) is 2.77. The summed E-state index contributed by atoms with van der Waals surface area (Å²) in [6.07, 6.45) is 3.45. The molecule has 0 aliphatic heterocycles. The van der Waals surface area contributed by atoms with Gasteiger partial charge < -0.3 is 0 Å². The molecule has 0 N–H and O–H groups in total. The van der Waals surface area contributed by atoms with Gasteiger partial charge in [-0.3, -0.25) is 0 Å². The quantitative estimate of drug-likeness (QED) is 0.496. The minimum Gasteiger partial charge on any atom is -0.231 e. The summed E-state index contributed by atoms with van der Waals surface area (Å²) in [7, 11) is 1.63. The Bertz CT molecular complexity index is 639. The van der Waals surface area contributed by atoms with Crippen LogP contribution in [0.1, 0.15) is 0 Å². The molecule has 0 radical (unpaired) electrons. The summed E-state index contributed by atoms with van der Waals surface area (Å²) in [5.41, 5.74) is 1.08. The van der Waals surface area contributed by atoms with Crippen molar-refractivity contribution in [3.8, 4) is 11.3 Å². The molecule has 0 spiro atoms. The van der Waals surface area contributed by atoms with E-state index in [9.17, 15) is 8.42 Å². The fraction of sp³-hybridized carbons (Fsp3) is 0.111. The van der Waals surface area contributed by atoms with Crippen molar-refractivity contribution in [1.82, 2.24) is 9.97 Å².